The molecule has 0 unspecified atom stereocenters. The van der Waals surface area contributed by atoms with Crippen molar-refractivity contribution in [2.45, 2.75) is 26.4 Å². The van der Waals surface area contributed by atoms with Crippen molar-refractivity contribution in [1.29, 1.82) is 0 Å². The van der Waals surface area contributed by atoms with Gasteiger partial charge in [0.05, 0.1) is 0 Å². The van der Waals surface area contributed by atoms with Crippen LogP contribution in [0.15, 0.2) is 48.5 Å². The SMILES string of the molecule is CC(C)c1ccc(C=O)cc1OCc1ccccc1. The van der Waals surface area contributed by atoms with Crippen molar-refractivity contribution in [2.24, 2.45) is 0 Å². The first-order chi connectivity index (χ1) is 9.20. The van der Waals surface area contributed by atoms with Gasteiger partial charge in [0.25, 0.3) is 0 Å². The number of benzene rings is 2. The molecule has 0 bridgehead atoms. The lowest BCUT2D eigenvalue weighted by Gasteiger charge is -2.14. The number of rotatable bonds is 5. The summed E-state index contributed by atoms with van der Waals surface area (Å²) in [7, 11) is 0. The molecule has 0 saturated carbocycles. The molecule has 0 aromatic heterocycles. The Morgan fingerprint density at radius 2 is 1.84 bits per heavy atom. The highest BCUT2D eigenvalue weighted by Crippen LogP contribution is 2.27. The van der Waals surface area contributed by atoms with E-state index in [1.807, 2.05) is 48.5 Å². The zero-order valence-corrected chi connectivity index (χ0v) is 11.3. The Kier molecular flexibility index (Phi) is 4.35. The third-order valence-corrected chi connectivity index (χ3v) is 3.03. The van der Waals surface area contributed by atoms with Crippen LogP contribution in [0.1, 0.15) is 41.3 Å². The van der Waals surface area contributed by atoms with Crippen LogP contribution in [0.25, 0.3) is 0 Å². The van der Waals surface area contributed by atoms with E-state index in [9.17, 15) is 4.79 Å². The van der Waals surface area contributed by atoms with Crippen molar-refractivity contribution < 1.29 is 9.53 Å². The summed E-state index contributed by atoms with van der Waals surface area (Å²) in [6.07, 6.45) is 0.847. The predicted octanol–water partition coefficient (Wildman–Crippen LogP) is 4.20. The van der Waals surface area contributed by atoms with Crippen LogP contribution in [-0.2, 0) is 6.61 Å². The maximum absolute atomic E-state index is 10.9. The van der Waals surface area contributed by atoms with Gasteiger partial charge in [-0.25, -0.2) is 0 Å². The first-order valence-corrected chi connectivity index (χ1v) is 6.46. The molecule has 2 rings (SSSR count). The summed E-state index contributed by atoms with van der Waals surface area (Å²) in [5, 5.41) is 0. The minimum Gasteiger partial charge on any atom is -0.489 e. The molecule has 2 aromatic carbocycles. The van der Waals surface area contributed by atoms with Gasteiger partial charge in [0.2, 0.25) is 0 Å². The molecular weight excluding hydrogens is 236 g/mol. The topological polar surface area (TPSA) is 26.3 Å². The second-order valence-corrected chi connectivity index (χ2v) is 4.84. The summed E-state index contributed by atoms with van der Waals surface area (Å²) in [6.45, 7) is 4.75. The van der Waals surface area contributed by atoms with Gasteiger partial charge in [-0.3, -0.25) is 4.79 Å². The van der Waals surface area contributed by atoms with Gasteiger partial charge >= 0.3 is 0 Å². The van der Waals surface area contributed by atoms with Crippen LogP contribution in [0.3, 0.4) is 0 Å². The molecule has 2 heteroatoms. The lowest BCUT2D eigenvalue weighted by molar-refractivity contribution is 0.112. The van der Waals surface area contributed by atoms with E-state index >= 15 is 0 Å². The molecule has 0 radical (unpaired) electrons. The number of ether oxygens (including phenoxy) is 1. The molecule has 0 aliphatic heterocycles. The number of carbonyl (C=O) groups excluding carboxylic acids is 1. The van der Waals surface area contributed by atoms with Crippen molar-refractivity contribution in [3.63, 3.8) is 0 Å². The molecule has 0 atom stereocenters. The van der Waals surface area contributed by atoms with Gasteiger partial charge in [-0.1, -0.05) is 56.3 Å². The van der Waals surface area contributed by atoms with Gasteiger partial charge in [-0.2, -0.15) is 0 Å². The Morgan fingerprint density at radius 1 is 1.11 bits per heavy atom. The molecule has 0 saturated heterocycles. The molecule has 0 aliphatic rings. The molecule has 2 aromatic rings. The fourth-order valence-corrected chi connectivity index (χ4v) is 1.96. The van der Waals surface area contributed by atoms with Gasteiger partial charge < -0.3 is 4.74 Å². The number of carbonyl (C=O) groups is 1. The van der Waals surface area contributed by atoms with Crippen LogP contribution in [0.2, 0.25) is 0 Å². The van der Waals surface area contributed by atoms with E-state index < -0.39 is 0 Å². The number of aldehydes is 1. The van der Waals surface area contributed by atoms with E-state index in [-0.39, 0.29) is 0 Å². The quantitative estimate of drug-likeness (QED) is 0.747. The van der Waals surface area contributed by atoms with Gasteiger partial charge in [-0.05, 0) is 23.1 Å². The average Bonchev–Trinajstić information content (AvgIpc) is 2.45. The molecule has 2 nitrogen and oxygen atoms in total. The lowest BCUT2D eigenvalue weighted by Crippen LogP contribution is -2.00. The van der Waals surface area contributed by atoms with Crippen LogP contribution in [0.5, 0.6) is 5.75 Å². The highest BCUT2D eigenvalue weighted by atomic mass is 16.5. The van der Waals surface area contributed by atoms with E-state index in [1.54, 1.807) is 0 Å². The predicted molar refractivity (Wildman–Crippen MR) is 76.7 cm³/mol. The van der Waals surface area contributed by atoms with E-state index in [2.05, 4.69) is 13.8 Å². The fourth-order valence-electron chi connectivity index (χ4n) is 1.96. The monoisotopic (exact) mass is 254 g/mol. The third kappa shape index (κ3) is 3.44. The standard InChI is InChI=1S/C17H18O2/c1-13(2)16-9-8-15(11-18)10-17(16)19-12-14-6-4-3-5-7-14/h3-11,13H,12H2,1-2H3. The smallest absolute Gasteiger partial charge is 0.150 e. The minimum absolute atomic E-state index is 0.367. The van der Waals surface area contributed by atoms with Crippen molar-refractivity contribution in [2.75, 3.05) is 0 Å². The summed E-state index contributed by atoms with van der Waals surface area (Å²) in [5.74, 6) is 1.16. The van der Waals surface area contributed by atoms with Crippen LogP contribution >= 0.6 is 0 Å². The highest BCUT2D eigenvalue weighted by molar-refractivity contribution is 5.76. The number of hydrogen-bond donors (Lipinski definition) is 0. The number of hydrogen-bond acceptors (Lipinski definition) is 2. The molecule has 0 aliphatic carbocycles. The Labute approximate surface area is 114 Å². The van der Waals surface area contributed by atoms with Crippen LogP contribution < -0.4 is 4.74 Å². The van der Waals surface area contributed by atoms with Crippen LogP contribution in [-0.4, -0.2) is 6.29 Å². The van der Waals surface area contributed by atoms with Gasteiger partial charge in [0, 0.05) is 5.56 Å². The molecule has 0 fully saturated rings. The Bertz CT molecular complexity index is 544. The average molecular weight is 254 g/mol. The molecule has 0 spiro atoms. The van der Waals surface area contributed by atoms with Crippen molar-refractivity contribution in [1.82, 2.24) is 0 Å². The maximum Gasteiger partial charge on any atom is 0.150 e. The van der Waals surface area contributed by atoms with Gasteiger partial charge in [-0.15, -0.1) is 0 Å². The van der Waals surface area contributed by atoms with Crippen molar-refractivity contribution >= 4 is 6.29 Å². The molecule has 0 heterocycles. The summed E-state index contributed by atoms with van der Waals surface area (Å²) >= 11 is 0. The molecule has 98 valence electrons. The minimum atomic E-state index is 0.367. The first kappa shape index (κ1) is 13.3. The van der Waals surface area contributed by atoms with E-state index in [0.29, 0.717) is 18.1 Å². The summed E-state index contributed by atoms with van der Waals surface area (Å²) in [6, 6.07) is 15.6. The van der Waals surface area contributed by atoms with Gasteiger partial charge in [0.1, 0.15) is 18.6 Å². The van der Waals surface area contributed by atoms with E-state index in [1.165, 1.54) is 0 Å². The summed E-state index contributed by atoms with van der Waals surface area (Å²) < 4.78 is 5.87. The highest BCUT2D eigenvalue weighted by Gasteiger charge is 2.09. The first-order valence-electron chi connectivity index (χ1n) is 6.46. The van der Waals surface area contributed by atoms with Crippen molar-refractivity contribution in [3.05, 3.63) is 65.2 Å². The van der Waals surface area contributed by atoms with E-state index in [0.717, 1.165) is 23.2 Å². The fraction of sp³-hybridized carbons (Fsp3) is 0.235. The lowest BCUT2D eigenvalue weighted by atomic mass is 10.0. The zero-order valence-electron chi connectivity index (χ0n) is 11.3. The zero-order chi connectivity index (χ0) is 13.7. The molecular formula is C17H18O2. The molecule has 0 amide bonds. The molecule has 0 N–H and O–H groups in total. The van der Waals surface area contributed by atoms with E-state index in [4.69, 9.17) is 4.74 Å². The second kappa shape index (κ2) is 6.19. The summed E-state index contributed by atoms with van der Waals surface area (Å²) in [4.78, 5) is 10.9. The van der Waals surface area contributed by atoms with Crippen LogP contribution in [0.4, 0.5) is 0 Å². The van der Waals surface area contributed by atoms with Crippen molar-refractivity contribution in [3.8, 4) is 5.75 Å². The normalized spacial score (nSPS) is 10.5. The summed E-state index contributed by atoms with van der Waals surface area (Å²) in [5.41, 5.74) is 2.89. The second-order valence-electron chi connectivity index (χ2n) is 4.84. The largest absolute Gasteiger partial charge is 0.489 e. The third-order valence-electron chi connectivity index (χ3n) is 3.03. The Morgan fingerprint density at radius 3 is 2.47 bits per heavy atom. The molecule has 19 heavy (non-hydrogen) atoms. The maximum atomic E-state index is 10.9. The van der Waals surface area contributed by atoms with Gasteiger partial charge in [0.15, 0.2) is 0 Å². The Hall–Kier alpha value is -2.09. The van der Waals surface area contributed by atoms with Crippen LogP contribution in [0, 0.1) is 0 Å². The Balaban J connectivity index is 2.20.